The van der Waals surface area contributed by atoms with Crippen molar-refractivity contribution in [2.45, 2.75) is 32.2 Å². The highest BCUT2D eigenvalue weighted by atomic mass is 16.3. The van der Waals surface area contributed by atoms with E-state index < -0.39 is 0 Å². The lowest BCUT2D eigenvalue weighted by Crippen LogP contribution is -2.49. The van der Waals surface area contributed by atoms with Crippen LogP contribution >= 0.6 is 0 Å². The molecule has 0 bridgehead atoms. The van der Waals surface area contributed by atoms with Crippen molar-refractivity contribution >= 4 is 11.9 Å². The molecule has 2 fully saturated rings. The minimum atomic E-state index is -0.123. The summed E-state index contributed by atoms with van der Waals surface area (Å²) in [7, 11) is 1.80. The van der Waals surface area contributed by atoms with Crippen molar-refractivity contribution in [3.63, 3.8) is 0 Å². The predicted octanol–water partition coefficient (Wildman–Crippen LogP) is 2.28. The molecule has 2 aliphatic rings. The second kappa shape index (κ2) is 7.76. The van der Waals surface area contributed by atoms with E-state index >= 15 is 0 Å². The van der Waals surface area contributed by atoms with Gasteiger partial charge in [0.1, 0.15) is 5.75 Å². The zero-order valence-electron chi connectivity index (χ0n) is 14.9. The standard InChI is InChI=1S/C19H27N3O3/c1-20(13-15-6-8-17(23)9-7-15)18(24)16-5-4-12-22(14-16)19(25)21-10-2-3-11-21/h6-9,16,23H,2-5,10-14H2,1H3/t16-/m1/s1. The fraction of sp³-hybridized carbons (Fsp3) is 0.579. The van der Waals surface area contributed by atoms with Gasteiger partial charge in [-0.2, -0.15) is 0 Å². The van der Waals surface area contributed by atoms with Gasteiger partial charge in [0.15, 0.2) is 0 Å². The van der Waals surface area contributed by atoms with Gasteiger partial charge < -0.3 is 19.8 Å². The first-order chi connectivity index (χ1) is 12.0. The van der Waals surface area contributed by atoms with Crippen LogP contribution in [0.25, 0.3) is 0 Å². The van der Waals surface area contributed by atoms with E-state index in [4.69, 9.17) is 0 Å². The van der Waals surface area contributed by atoms with Crippen molar-refractivity contribution in [2.24, 2.45) is 5.92 Å². The highest BCUT2D eigenvalue weighted by molar-refractivity contribution is 5.81. The number of likely N-dealkylation sites (tertiary alicyclic amines) is 2. The maximum absolute atomic E-state index is 12.8. The summed E-state index contributed by atoms with van der Waals surface area (Å²) >= 11 is 0. The van der Waals surface area contributed by atoms with Crippen LogP contribution < -0.4 is 0 Å². The van der Waals surface area contributed by atoms with Crippen molar-refractivity contribution < 1.29 is 14.7 Å². The van der Waals surface area contributed by atoms with Crippen molar-refractivity contribution in [2.75, 3.05) is 33.2 Å². The number of hydrogen-bond acceptors (Lipinski definition) is 3. The smallest absolute Gasteiger partial charge is 0.320 e. The second-order valence-corrected chi connectivity index (χ2v) is 7.12. The monoisotopic (exact) mass is 345 g/mol. The second-order valence-electron chi connectivity index (χ2n) is 7.12. The Bertz CT molecular complexity index is 611. The van der Waals surface area contributed by atoms with Gasteiger partial charge in [-0.3, -0.25) is 4.79 Å². The molecule has 0 spiro atoms. The maximum Gasteiger partial charge on any atom is 0.320 e. The average Bonchev–Trinajstić information content (AvgIpc) is 3.17. The molecule has 25 heavy (non-hydrogen) atoms. The molecule has 0 saturated carbocycles. The van der Waals surface area contributed by atoms with Crippen LogP contribution in [-0.2, 0) is 11.3 Å². The molecule has 1 N–H and O–H groups in total. The van der Waals surface area contributed by atoms with E-state index in [-0.39, 0.29) is 23.6 Å². The molecule has 1 atom stereocenters. The molecule has 0 aromatic heterocycles. The van der Waals surface area contributed by atoms with Crippen molar-refractivity contribution in [3.8, 4) is 5.75 Å². The molecule has 0 radical (unpaired) electrons. The van der Waals surface area contributed by atoms with Crippen LogP contribution in [-0.4, -0.2) is 65.0 Å². The molecule has 6 heteroatoms. The van der Waals surface area contributed by atoms with Crippen molar-refractivity contribution in [1.82, 2.24) is 14.7 Å². The molecule has 3 amide bonds. The maximum atomic E-state index is 12.8. The lowest BCUT2D eigenvalue weighted by Gasteiger charge is -2.36. The van der Waals surface area contributed by atoms with Crippen LogP contribution in [0.4, 0.5) is 4.79 Å². The molecule has 136 valence electrons. The van der Waals surface area contributed by atoms with Crippen LogP contribution in [0, 0.1) is 5.92 Å². The number of aromatic hydroxyl groups is 1. The number of phenols is 1. The Kier molecular flexibility index (Phi) is 5.46. The van der Waals surface area contributed by atoms with Gasteiger partial charge in [0.25, 0.3) is 0 Å². The molecule has 3 rings (SSSR count). The lowest BCUT2D eigenvalue weighted by atomic mass is 9.96. The van der Waals surface area contributed by atoms with E-state index in [0.717, 1.165) is 50.9 Å². The van der Waals surface area contributed by atoms with Gasteiger partial charge >= 0.3 is 6.03 Å². The van der Waals surface area contributed by atoms with Crippen LogP contribution in [0.15, 0.2) is 24.3 Å². The Balaban J connectivity index is 1.57. The number of piperidine rings is 1. The van der Waals surface area contributed by atoms with Gasteiger partial charge in [-0.05, 0) is 43.4 Å². The van der Waals surface area contributed by atoms with Crippen molar-refractivity contribution in [1.29, 1.82) is 0 Å². The van der Waals surface area contributed by atoms with Crippen LogP contribution in [0.1, 0.15) is 31.2 Å². The number of nitrogens with zero attached hydrogens (tertiary/aromatic N) is 3. The summed E-state index contributed by atoms with van der Waals surface area (Å²) in [6.07, 6.45) is 3.88. The van der Waals surface area contributed by atoms with Gasteiger partial charge in [0.05, 0.1) is 5.92 Å². The first-order valence-corrected chi connectivity index (χ1v) is 9.11. The summed E-state index contributed by atoms with van der Waals surface area (Å²) in [5.41, 5.74) is 0.981. The number of phenolic OH excluding ortho intramolecular Hbond substituents is 1. The van der Waals surface area contributed by atoms with Gasteiger partial charge in [-0.1, -0.05) is 12.1 Å². The SMILES string of the molecule is CN(Cc1ccc(O)cc1)C(=O)[C@@H]1CCCN(C(=O)N2CCCC2)C1. The number of hydrogen-bond donors (Lipinski definition) is 1. The molecule has 1 aromatic rings. The third kappa shape index (κ3) is 4.24. The normalized spacial score (nSPS) is 20.6. The Morgan fingerprint density at radius 1 is 1.08 bits per heavy atom. The zero-order valence-corrected chi connectivity index (χ0v) is 14.9. The largest absolute Gasteiger partial charge is 0.508 e. The Morgan fingerprint density at radius 2 is 1.72 bits per heavy atom. The van der Waals surface area contributed by atoms with E-state index in [1.807, 2.05) is 21.9 Å². The fourth-order valence-electron chi connectivity index (χ4n) is 3.73. The number of rotatable bonds is 3. The Morgan fingerprint density at radius 3 is 2.40 bits per heavy atom. The first-order valence-electron chi connectivity index (χ1n) is 9.11. The highest BCUT2D eigenvalue weighted by Crippen LogP contribution is 2.22. The summed E-state index contributed by atoms with van der Waals surface area (Å²) in [6, 6.07) is 7.00. The van der Waals surface area contributed by atoms with E-state index in [2.05, 4.69) is 0 Å². The van der Waals surface area contributed by atoms with E-state index in [1.165, 1.54) is 0 Å². The molecule has 0 unspecified atom stereocenters. The molecule has 1 aromatic carbocycles. The van der Waals surface area contributed by atoms with E-state index in [0.29, 0.717) is 13.1 Å². The summed E-state index contributed by atoms with van der Waals surface area (Å²) in [6.45, 7) is 3.47. The Hall–Kier alpha value is -2.24. The first kappa shape index (κ1) is 17.6. The van der Waals surface area contributed by atoms with Crippen LogP contribution in [0.5, 0.6) is 5.75 Å². The topological polar surface area (TPSA) is 64.1 Å². The van der Waals surface area contributed by atoms with Gasteiger partial charge in [0, 0.05) is 39.8 Å². The number of carbonyl (C=O) groups is 2. The predicted molar refractivity (Wildman–Crippen MR) is 95.1 cm³/mol. The fourth-order valence-corrected chi connectivity index (χ4v) is 3.73. The Labute approximate surface area is 149 Å². The average molecular weight is 345 g/mol. The molecule has 0 aliphatic carbocycles. The van der Waals surface area contributed by atoms with E-state index in [1.54, 1.807) is 24.1 Å². The number of amides is 3. The summed E-state index contributed by atoms with van der Waals surface area (Å²) in [5, 5.41) is 9.35. The number of carbonyl (C=O) groups excluding carboxylic acids is 2. The minimum absolute atomic E-state index is 0.0898. The summed E-state index contributed by atoms with van der Waals surface area (Å²) < 4.78 is 0. The van der Waals surface area contributed by atoms with Crippen LogP contribution in [0.3, 0.4) is 0 Å². The van der Waals surface area contributed by atoms with E-state index in [9.17, 15) is 14.7 Å². The highest BCUT2D eigenvalue weighted by Gasteiger charge is 2.32. The summed E-state index contributed by atoms with van der Waals surface area (Å²) in [5.74, 6) is 0.190. The third-order valence-corrected chi connectivity index (χ3v) is 5.15. The minimum Gasteiger partial charge on any atom is -0.508 e. The molecule has 2 heterocycles. The number of benzene rings is 1. The van der Waals surface area contributed by atoms with Crippen molar-refractivity contribution in [3.05, 3.63) is 29.8 Å². The molecule has 6 nitrogen and oxygen atoms in total. The quantitative estimate of drug-likeness (QED) is 0.914. The molecule has 2 aliphatic heterocycles. The third-order valence-electron chi connectivity index (χ3n) is 5.15. The molecular weight excluding hydrogens is 318 g/mol. The zero-order chi connectivity index (χ0) is 17.8. The summed E-state index contributed by atoms with van der Waals surface area (Å²) in [4.78, 5) is 30.8. The molecular formula is C19H27N3O3. The van der Waals surface area contributed by atoms with Gasteiger partial charge in [0.2, 0.25) is 5.91 Å². The van der Waals surface area contributed by atoms with Crippen LogP contribution in [0.2, 0.25) is 0 Å². The number of urea groups is 1. The van der Waals surface area contributed by atoms with Gasteiger partial charge in [-0.25, -0.2) is 4.79 Å². The lowest BCUT2D eigenvalue weighted by molar-refractivity contribution is -0.136. The van der Waals surface area contributed by atoms with Gasteiger partial charge in [-0.15, -0.1) is 0 Å². The molecule has 2 saturated heterocycles.